The average molecular weight is 255 g/mol. The normalized spacial score (nSPS) is 19.1. The Morgan fingerprint density at radius 2 is 2.22 bits per heavy atom. The molecule has 0 spiro atoms. The van der Waals surface area contributed by atoms with Crippen LogP contribution in [-0.2, 0) is 0 Å². The number of urea groups is 1. The molecule has 1 fully saturated rings. The largest absolute Gasteiger partial charge is 0.323 e. The summed E-state index contributed by atoms with van der Waals surface area (Å²) in [5.74, 6) is -1.44. The van der Waals surface area contributed by atoms with Gasteiger partial charge in [-0.25, -0.2) is 13.6 Å². The lowest BCUT2D eigenvalue weighted by Crippen LogP contribution is -2.36. The minimum atomic E-state index is -0.771. The Hall–Kier alpha value is -1.69. The van der Waals surface area contributed by atoms with Gasteiger partial charge in [-0.05, 0) is 25.6 Å². The number of nitrogens with zero attached hydrogens (tertiary/aromatic N) is 1. The Morgan fingerprint density at radius 3 is 2.83 bits per heavy atom. The minimum Gasteiger partial charge on any atom is -0.323 e. The van der Waals surface area contributed by atoms with Crippen molar-refractivity contribution < 1.29 is 13.6 Å². The second-order valence-electron chi connectivity index (χ2n) is 4.27. The van der Waals surface area contributed by atoms with Crippen molar-refractivity contribution in [3.8, 4) is 0 Å². The van der Waals surface area contributed by atoms with Crippen LogP contribution in [0.3, 0.4) is 0 Å². The van der Waals surface area contributed by atoms with E-state index in [2.05, 4.69) is 10.6 Å². The van der Waals surface area contributed by atoms with E-state index in [1.165, 1.54) is 6.07 Å². The van der Waals surface area contributed by atoms with Crippen LogP contribution in [-0.4, -0.2) is 37.1 Å². The van der Waals surface area contributed by atoms with Crippen molar-refractivity contribution in [3.05, 3.63) is 29.8 Å². The maximum absolute atomic E-state index is 13.4. The summed E-state index contributed by atoms with van der Waals surface area (Å²) in [4.78, 5) is 13.4. The molecule has 4 nitrogen and oxygen atoms in total. The summed E-state index contributed by atoms with van der Waals surface area (Å²) in [6.45, 7) is 1.21. The van der Waals surface area contributed by atoms with Gasteiger partial charge in [0.25, 0.3) is 0 Å². The molecule has 18 heavy (non-hydrogen) atoms. The van der Waals surface area contributed by atoms with Gasteiger partial charge in [0.1, 0.15) is 11.6 Å². The van der Waals surface area contributed by atoms with Crippen molar-refractivity contribution in [2.45, 2.75) is 12.5 Å². The molecule has 2 rings (SSSR count). The van der Waals surface area contributed by atoms with Crippen LogP contribution in [0.25, 0.3) is 0 Å². The number of likely N-dealkylation sites (N-methyl/N-ethyl adjacent to an activating group) is 1. The van der Waals surface area contributed by atoms with Gasteiger partial charge in [0.2, 0.25) is 0 Å². The van der Waals surface area contributed by atoms with Crippen LogP contribution in [0.2, 0.25) is 0 Å². The second-order valence-corrected chi connectivity index (χ2v) is 4.27. The molecule has 0 saturated carbocycles. The number of amides is 2. The number of anilines is 1. The highest BCUT2D eigenvalue weighted by Gasteiger charge is 2.25. The van der Waals surface area contributed by atoms with Gasteiger partial charge in [-0.3, -0.25) is 0 Å². The van der Waals surface area contributed by atoms with Gasteiger partial charge in [-0.1, -0.05) is 0 Å². The Kier molecular flexibility index (Phi) is 3.76. The Bertz CT molecular complexity index is 453. The van der Waals surface area contributed by atoms with E-state index in [4.69, 9.17) is 0 Å². The van der Waals surface area contributed by atoms with Crippen LogP contribution in [0, 0.1) is 11.6 Å². The molecule has 0 bridgehead atoms. The third kappa shape index (κ3) is 2.76. The first-order chi connectivity index (χ1) is 8.60. The molecule has 1 aromatic carbocycles. The summed E-state index contributed by atoms with van der Waals surface area (Å²) in [5, 5.41) is 5.53. The summed E-state index contributed by atoms with van der Waals surface area (Å²) in [6, 6.07) is 2.98. The third-order valence-electron chi connectivity index (χ3n) is 3.06. The summed E-state index contributed by atoms with van der Waals surface area (Å²) >= 11 is 0. The number of halogens is 2. The second kappa shape index (κ2) is 5.30. The van der Waals surface area contributed by atoms with Crippen LogP contribution in [0.5, 0.6) is 0 Å². The molecule has 1 aliphatic heterocycles. The van der Waals surface area contributed by atoms with E-state index in [0.29, 0.717) is 13.1 Å². The van der Waals surface area contributed by atoms with Gasteiger partial charge in [0.15, 0.2) is 0 Å². The molecule has 1 heterocycles. The number of hydrogen-bond acceptors (Lipinski definition) is 2. The first-order valence-electron chi connectivity index (χ1n) is 5.78. The van der Waals surface area contributed by atoms with Crippen LogP contribution < -0.4 is 10.6 Å². The lowest BCUT2D eigenvalue weighted by molar-refractivity contribution is 0.221. The smallest absolute Gasteiger partial charge is 0.321 e. The average Bonchev–Trinajstić information content (AvgIpc) is 2.81. The highest BCUT2D eigenvalue weighted by atomic mass is 19.1. The highest BCUT2D eigenvalue weighted by Crippen LogP contribution is 2.17. The first kappa shape index (κ1) is 12.8. The van der Waals surface area contributed by atoms with Crippen LogP contribution >= 0.6 is 0 Å². The minimum absolute atomic E-state index is 0.00527. The fourth-order valence-electron chi connectivity index (χ4n) is 1.97. The zero-order chi connectivity index (χ0) is 13.1. The topological polar surface area (TPSA) is 44.4 Å². The number of carbonyl (C=O) groups excluding carboxylic acids is 1. The molecule has 1 atom stereocenters. The molecular weight excluding hydrogens is 240 g/mol. The van der Waals surface area contributed by atoms with Gasteiger partial charge >= 0.3 is 6.03 Å². The fraction of sp³-hybridized carbons (Fsp3) is 0.417. The van der Waals surface area contributed by atoms with Gasteiger partial charge in [0, 0.05) is 25.2 Å². The SMILES string of the molecule is CNC1CCN(C(=O)Nc2ccc(F)cc2F)C1. The molecule has 0 radical (unpaired) electrons. The monoisotopic (exact) mass is 255 g/mol. The van der Waals surface area contributed by atoms with Gasteiger partial charge in [0.05, 0.1) is 5.69 Å². The Morgan fingerprint density at radius 1 is 1.44 bits per heavy atom. The molecule has 98 valence electrons. The highest BCUT2D eigenvalue weighted by molar-refractivity contribution is 5.89. The predicted octanol–water partition coefficient (Wildman–Crippen LogP) is 1.79. The standard InChI is InChI=1S/C12H15F2N3O/c1-15-9-4-5-17(7-9)12(18)16-11-3-2-8(13)6-10(11)14/h2-3,6,9,15H,4-5,7H2,1H3,(H,16,18). The van der Waals surface area contributed by atoms with Crippen molar-refractivity contribution in [1.82, 2.24) is 10.2 Å². The Labute approximate surface area is 104 Å². The van der Waals surface area contributed by atoms with E-state index in [-0.39, 0.29) is 17.8 Å². The van der Waals surface area contributed by atoms with Crippen molar-refractivity contribution in [1.29, 1.82) is 0 Å². The number of benzene rings is 1. The fourth-order valence-corrected chi connectivity index (χ4v) is 1.97. The van der Waals surface area contributed by atoms with E-state index >= 15 is 0 Å². The lowest BCUT2D eigenvalue weighted by Gasteiger charge is -2.17. The van der Waals surface area contributed by atoms with E-state index in [1.807, 2.05) is 7.05 Å². The summed E-state index contributed by atoms with van der Waals surface area (Å²) in [5.41, 5.74) is -0.00527. The van der Waals surface area contributed by atoms with Gasteiger partial charge in [-0.15, -0.1) is 0 Å². The van der Waals surface area contributed by atoms with Crippen molar-refractivity contribution in [2.75, 3.05) is 25.5 Å². The van der Waals surface area contributed by atoms with Crippen LogP contribution in [0.15, 0.2) is 18.2 Å². The Balaban J connectivity index is 1.99. The number of carbonyl (C=O) groups is 1. The summed E-state index contributed by atoms with van der Waals surface area (Å²) in [6.07, 6.45) is 0.871. The van der Waals surface area contributed by atoms with Gasteiger partial charge in [-0.2, -0.15) is 0 Å². The molecule has 0 aliphatic carbocycles. The molecule has 1 unspecified atom stereocenters. The van der Waals surface area contributed by atoms with E-state index < -0.39 is 11.6 Å². The van der Waals surface area contributed by atoms with Crippen molar-refractivity contribution in [2.24, 2.45) is 0 Å². The maximum atomic E-state index is 13.4. The molecule has 1 saturated heterocycles. The summed E-state index contributed by atoms with van der Waals surface area (Å²) < 4.78 is 26.1. The summed E-state index contributed by atoms with van der Waals surface area (Å²) in [7, 11) is 1.84. The van der Waals surface area contributed by atoms with Crippen molar-refractivity contribution in [3.63, 3.8) is 0 Å². The van der Waals surface area contributed by atoms with E-state index in [0.717, 1.165) is 18.6 Å². The molecule has 2 amide bonds. The van der Waals surface area contributed by atoms with Crippen molar-refractivity contribution >= 4 is 11.7 Å². The van der Waals surface area contributed by atoms with E-state index in [1.54, 1.807) is 4.90 Å². The molecule has 6 heteroatoms. The van der Waals surface area contributed by atoms with E-state index in [9.17, 15) is 13.6 Å². The molecule has 2 N–H and O–H groups in total. The molecule has 1 aromatic rings. The first-order valence-corrected chi connectivity index (χ1v) is 5.78. The molecule has 1 aliphatic rings. The molecular formula is C12H15F2N3O. The number of hydrogen-bond donors (Lipinski definition) is 2. The predicted molar refractivity (Wildman–Crippen MR) is 64.4 cm³/mol. The quantitative estimate of drug-likeness (QED) is 0.846. The lowest BCUT2D eigenvalue weighted by atomic mass is 10.3. The number of likely N-dealkylation sites (tertiary alicyclic amines) is 1. The van der Waals surface area contributed by atoms with Crippen LogP contribution in [0.1, 0.15) is 6.42 Å². The van der Waals surface area contributed by atoms with Crippen LogP contribution in [0.4, 0.5) is 19.3 Å². The zero-order valence-corrected chi connectivity index (χ0v) is 10.0. The molecule has 0 aromatic heterocycles. The maximum Gasteiger partial charge on any atom is 0.321 e. The third-order valence-corrected chi connectivity index (χ3v) is 3.06. The number of nitrogens with one attached hydrogen (secondary N) is 2. The zero-order valence-electron chi connectivity index (χ0n) is 10.0. The van der Waals surface area contributed by atoms with Gasteiger partial charge < -0.3 is 15.5 Å². The number of rotatable bonds is 2.